The van der Waals surface area contributed by atoms with E-state index in [0.717, 1.165) is 62.1 Å². The molecule has 2 amide bonds. The van der Waals surface area contributed by atoms with Gasteiger partial charge in [-0.2, -0.15) is 11.8 Å². The van der Waals surface area contributed by atoms with E-state index in [0.29, 0.717) is 36.0 Å². The summed E-state index contributed by atoms with van der Waals surface area (Å²) in [5.74, 6) is 2.11. The van der Waals surface area contributed by atoms with E-state index in [1.54, 1.807) is 6.08 Å². The number of amides is 2. The van der Waals surface area contributed by atoms with Crippen molar-refractivity contribution in [2.24, 2.45) is 0 Å². The third-order valence-electron chi connectivity index (χ3n) is 8.65. The summed E-state index contributed by atoms with van der Waals surface area (Å²) >= 11 is 3.81. The minimum Gasteiger partial charge on any atom is -0.449 e. The Morgan fingerprint density at radius 1 is 1.17 bits per heavy atom. The number of carbonyl (C=O) groups excluding carboxylic acids is 3. The van der Waals surface area contributed by atoms with E-state index >= 15 is 0 Å². The van der Waals surface area contributed by atoms with Crippen molar-refractivity contribution in [2.45, 2.75) is 99.2 Å². The van der Waals surface area contributed by atoms with Gasteiger partial charge in [-0.3, -0.25) is 9.69 Å². The van der Waals surface area contributed by atoms with Crippen LogP contribution in [0.5, 0.6) is 0 Å². The number of thioether (sulfide) groups is 2. The van der Waals surface area contributed by atoms with E-state index < -0.39 is 5.60 Å². The van der Waals surface area contributed by atoms with Gasteiger partial charge in [-0.05, 0) is 50.5 Å². The molecule has 4 fully saturated rings. The smallest absolute Gasteiger partial charge is 0.332 e. The molecule has 5 aliphatic heterocycles. The number of unbranched alkanes of at least 4 members (excludes halogenated alkanes) is 1. The number of hydrogen-bond donors (Lipinski definition) is 2. The van der Waals surface area contributed by atoms with Crippen molar-refractivity contribution in [1.82, 2.24) is 15.5 Å². The molecule has 0 saturated carbocycles. The zero-order valence-corrected chi connectivity index (χ0v) is 21.8. The molecule has 9 heteroatoms. The van der Waals surface area contributed by atoms with E-state index in [4.69, 9.17) is 4.74 Å². The molecule has 0 unspecified atom stereocenters. The fraction of sp³-hybridized carbons (Fsp3) is 0.731. The second kappa shape index (κ2) is 9.78. The van der Waals surface area contributed by atoms with Gasteiger partial charge in [0.05, 0.1) is 18.1 Å². The lowest BCUT2D eigenvalue weighted by Gasteiger charge is -2.37. The van der Waals surface area contributed by atoms with Gasteiger partial charge in [0, 0.05) is 52.9 Å². The van der Waals surface area contributed by atoms with E-state index in [9.17, 15) is 14.4 Å². The largest absolute Gasteiger partial charge is 0.449 e. The average molecular weight is 518 g/mol. The maximum Gasteiger partial charge on any atom is 0.332 e. The summed E-state index contributed by atoms with van der Waals surface area (Å²) in [6, 6.07) is 1.17. The lowest BCUT2D eigenvalue weighted by Crippen LogP contribution is -2.48. The molecule has 5 heterocycles. The molecule has 6 rings (SSSR count). The molecule has 6 atom stereocenters. The van der Waals surface area contributed by atoms with Gasteiger partial charge in [0.2, 0.25) is 0 Å². The minimum atomic E-state index is -0.403. The predicted molar refractivity (Wildman–Crippen MR) is 138 cm³/mol. The first kappa shape index (κ1) is 23.9. The Balaban J connectivity index is 0.927. The SMILES string of the molecule is O=C(CCCC[C@@H]1SC[C@@H]2NC(=O)N[C@@H]21)CCCSC1=CC2=CC(=O)O[C@@]23C[C@@H]1N1CCCC[C@@H]13. The summed E-state index contributed by atoms with van der Waals surface area (Å²) in [5, 5.41) is 6.50. The minimum absolute atomic E-state index is 0.0351. The lowest BCUT2D eigenvalue weighted by atomic mass is 9.80. The quantitative estimate of drug-likeness (QED) is 0.260. The van der Waals surface area contributed by atoms with E-state index in [1.807, 2.05) is 23.5 Å². The second-order valence-electron chi connectivity index (χ2n) is 10.8. The zero-order chi connectivity index (χ0) is 24.0. The van der Waals surface area contributed by atoms with E-state index in [1.165, 1.54) is 17.7 Å². The van der Waals surface area contributed by atoms with Gasteiger partial charge in [-0.25, -0.2) is 9.59 Å². The number of fused-ring (bicyclic) bond motifs is 4. The van der Waals surface area contributed by atoms with Gasteiger partial charge < -0.3 is 15.4 Å². The number of rotatable bonds is 10. The Morgan fingerprint density at radius 2 is 2.06 bits per heavy atom. The molecular weight excluding hydrogens is 482 g/mol. The lowest BCUT2D eigenvalue weighted by molar-refractivity contribution is -0.148. The molecule has 4 saturated heterocycles. The number of hydrogen-bond acceptors (Lipinski definition) is 7. The van der Waals surface area contributed by atoms with Crippen molar-refractivity contribution in [2.75, 3.05) is 18.1 Å². The van der Waals surface area contributed by atoms with Gasteiger partial charge in [0.1, 0.15) is 5.78 Å². The fourth-order valence-corrected chi connectivity index (χ4v) is 9.70. The summed E-state index contributed by atoms with van der Waals surface area (Å²) in [7, 11) is 0. The topological polar surface area (TPSA) is 87.7 Å². The molecule has 2 bridgehead atoms. The Bertz CT molecular complexity index is 968. The molecule has 0 aromatic heterocycles. The Kier molecular flexibility index (Phi) is 6.69. The number of carbonyl (C=O) groups is 3. The van der Waals surface area contributed by atoms with Crippen LogP contribution < -0.4 is 10.6 Å². The van der Waals surface area contributed by atoms with Crippen molar-refractivity contribution in [3.8, 4) is 0 Å². The molecular formula is C26H35N3O4S2. The van der Waals surface area contributed by atoms with Gasteiger partial charge in [-0.1, -0.05) is 12.8 Å². The van der Waals surface area contributed by atoms with Crippen LogP contribution in [0, 0.1) is 0 Å². The molecule has 0 aromatic carbocycles. The number of esters is 1. The molecule has 1 aliphatic carbocycles. The Morgan fingerprint density at radius 3 is 2.97 bits per heavy atom. The number of nitrogens with zero attached hydrogens (tertiary/aromatic N) is 1. The van der Waals surface area contributed by atoms with Crippen LogP contribution in [0.25, 0.3) is 0 Å². The number of nitrogens with one attached hydrogen (secondary N) is 2. The van der Waals surface area contributed by atoms with E-state index in [-0.39, 0.29) is 24.1 Å². The summed E-state index contributed by atoms with van der Waals surface area (Å²) in [6.07, 6.45) is 13.6. The Labute approximate surface area is 215 Å². The van der Waals surface area contributed by atoms with Gasteiger partial charge in [0.25, 0.3) is 0 Å². The average Bonchev–Trinajstić information content (AvgIpc) is 3.56. The van der Waals surface area contributed by atoms with Gasteiger partial charge in [-0.15, -0.1) is 11.8 Å². The first-order chi connectivity index (χ1) is 17.0. The Hall–Kier alpha value is -1.45. The highest BCUT2D eigenvalue weighted by atomic mass is 32.2. The standard InChI is InChI=1S/C26H35N3O4S2/c30-17(6-1-2-8-20-24-18(15-35-20)27-25(32)28-24)7-5-11-34-21-12-16-13-23(31)33-26(16)14-19(21)29-10-4-3-9-22(26)29/h12-13,18-20,22,24H,1-11,14-15H2,(H2,27,28,32)/t18-,19-,20-,22+,24-,26-/m0/s1. The molecule has 7 nitrogen and oxygen atoms in total. The van der Waals surface area contributed by atoms with Crippen LogP contribution in [-0.4, -0.2) is 75.8 Å². The highest BCUT2D eigenvalue weighted by molar-refractivity contribution is 8.03. The first-order valence-electron chi connectivity index (χ1n) is 13.3. The summed E-state index contributed by atoms with van der Waals surface area (Å²) in [5.41, 5.74) is 0.673. The first-order valence-corrected chi connectivity index (χ1v) is 15.3. The third kappa shape index (κ3) is 4.46. The highest BCUT2D eigenvalue weighted by Crippen LogP contribution is 2.55. The van der Waals surface area contributed by atoms with Crippen molar-refractivity contribution >= 4 is 41.3 Å². The van der Waals surface area contributed by atoms with Crippen molar-refractivity contribution in [3.05, 3.63) is 22.6 Å². The number of urea groups is 1. The molecule has 190 valence electrons. The number of ether oxygens (including phenoxy) is 1. The van der Waals surface area contributed by atoms with Crippen molar-refractivity contribution in [3.63, 3.8) is 0 Å². The maximum absolute atomic E-state index is 12.4. The highest BCUT2D eigenvalue weighted by Gasteiger charge is 2.61. The third-order valence-corrected chi connectivity index (χ3v) is 11.4. The zero-order valence-electron chi connectivity index (χ0n) is 20.1. The van der Waals surface area contributed by atoms with Crippen LogP contribution >= 0.6 is 23.5 Å². The van der Waals surface area contributed by atoms with Gasteiger partial charge in [0.15, 0.2) is 5.60 Å². The van der Waals surface area contributed by atoms with Crippen LogP contribution in [0.4, 0.5) is 4.79 Å². The molecule has 2 N–H and O–H groups in total. The predicted octanol–water partition coefficient (Wildman–Crippen LogP) is 3.54. The molecule has 0 aromatic rings. The van der Waals surface area contributed by atoms with Gasteiger partial charge >= 0.3 is 12.0 Å². The molecule has 0 radical (unpaired) electrons. The van der Waals surface area contributed by atoms with Crippen molar-refractivity contribution in [1.29, 1.82) is 0 Å². The number of ketones is 1. The number of piperidine rings is 1. The van der Waals surface area contributed by atoms with Crippen LogP contribution in [-0.2, 0) is 14.3 Å². The van der Waals surface area contributed by atoms with Crippen LogP contribution in [0.1, 0.15) is 64.2 Å². The molecule has 6 aliphatic rings. The van der Waals surface area contributed by atoms with Crippen LogP contribution in [0.15, 0.2) is 22.6 Å². The normalized spacial score (nSPS) is 37.1. The monoisotopic (exact) mass is 517 g/mol. The van der Waals surface area contributed by atoms with Crippen LogP contribution in [0.3, 0.4) is 0 Å². The summed E-state index contributed by atoms with van der Waals surface area (Å²) in [6.45, 7) is 1.09. The summed E-state index contributed by atoms with van der Waals surface area (Å²) < 4.78 is 5.93. The fourth-order valence-electron chi connectivity index (χ4n) is 7.02. The molecule has 35 heavy (non-hydrogen) atoms. The summed E-state index contributed by atoms with van der Waals surface area (Å²) in [4.78, 5) is 40.0. The van der Waals surface area contributed by atoms with Crippen LogP contribution in [0.2, 0.25) is 0 Å². The van der Waals surface area contributed by atoms with E-state index in [2.05, 4.69) is 21.6 Å². The van der Waals surface area contributed by atoms with Crippen molar-refractivity contribution < 1.29 is 19.1 Å². The number of Topliss-reactive ketones (excluding diaryl/α,β-unsaturated/α-hetero) is 1. The second-order valence-corrected chi connectivity index (χ2v) is 13.2. The molecule has 1 spiro atoms. The maximum atomic E-state index is 12.4.